The summed E-state index contributed by atoms with van der Waals surface area (Å²) in [5, 5.41) is 14.4. The van der Waals surface area contributed by atoms with Crippen LogP contribution in [0.3, 0.4) is 0 Å². The first-order valence-corrected chi connectivity index (χ1v) is 9.71. The molecule has 1 N–H and O–H groups in total. The van der Waals surface area contributed by atoms with Crippen LogP contribution in [0, 0.1) is 17.0 Å². The number of nitro groups is 1. The van der Waals surface area contributed by atoms with Crippen molar-refractivity contribution in [3.63, 3.8) is 0 Å². The molecule has 0 bridgehead atoms. The maximum Gasteiger partial charge on any atom is 0.336 e. The Bertz CT molecular complexity index is 1380. The highest BCUT2D eigenvalue weighted by Crippen LogP contribution is 2.23. The number of nitrogens with zero attached hydrogens (tertiary/aromatic N) is 1. The Labute approximate surface area is 182 Å². The van der Waals surface area contributed by atoms with Crippen LogP contribution in [-0.2, 0) is 6.61 Å². The summed E-state index contributed by atoms with van der Waals surface area (Å²) in [6, 6.07) is 19.3. The number of nitrogens with one attached hydrogen (secondary N) is 1. The summed E-state index contributed by atoms with van der Waals surface area (Å²) in [6.07, 6.45) is 0. The molecule has 0 fully saturated rings. The molecule has 32 heavy (non-hydrogen) atoms. The first-order valence-electron chi connectivity index (χ1n) is 9.71. The minimum Gasteiger partial charge on any atom is -0.489 e. The number of aryl methyl sites for hydroxylation is 1. The molecule has 3 aromatic carbocycles. The van der Waals surface area contributed by atoms with Gasteiger partial charge in [0, 0.05) is 40.9 Å². The lowest BCUT2D eigenvalue weighted by molar-refractivity contribution is -0.384. The van der Waals surface area contributed by atoms with E-state index in [1.54, 1.807) is 42.5 Å². The van der Waals surface area contributed by atoms with Crippen molar-refractivity contribution in [2.24, 2.45) is 0 Å². The minimum absolute atomic E-state index is 0.0987. The Morgan fingerprint density at radius 3 is 2.59 bits per heavy atom. The molecule has 8 nitrogen and oxygen atoms in total. The van der Waals surface area contributed by atoms with E-state index in [2.05, 4.69) is 5.32 Å². The molecule has 0 aliphatic rings. The topological polar surface area (TPSA) is 112 Å². The van der Waals surface area contributed by atoms with Crippen molar-refractivity contribution in [2.75, 3.05) is 5.32 Å². The quantitative estimate of drug-likeness (QED) is 0.266. The van der Waals surface area contributed by atoms with Crippen molar-refractivity contribution in [3.8, 4) is 5.75 Å². The average Bonchev–Trinajstić information content (AvgIpc) is 2.77. The number of hydrogen-bond donors (Lipinski definition) is 1. The van der Waals surface area contributed by atoms with Crippen LogP contribution in [-0.4, -0.2) is 10.8 Å². The molecule has 160 valence electrons. The van der Waals surface area contributed by atoms with Gasteiger partial charge in [-0.25, -0.2) is 4.79 Å². The molecule has 0 spiro atoms. The number of anilines is 1. The predicted molar refractivity (Wildman–Crippen MR) is 119 cm³/mol. The van der Waals surface area contributed by atoms with Crippen molar-refractivity contribution >= 4 is 28.3 Å². The summed E-state index contributed by atoms with van der Waals surface area (Å²) < 4.78 is 11.0. The van der Waals surface area contributed by atoms with Gasteiger partial charge in [-0.05, 0) is 48.4 Å². The van der Waals surface area contributed by atoms with Gasteiger partial charge in [0.25, 0.3) is 11.6 Å². The van der Waals surface area contributed by atoms with Gasteiger partial charge in [0.15, 0.2) is 0 Å². The number of fused-ring (bicyclic) bond motifs is 1. The molecule has 0 aliphatic carbocycles. The van der Waals surface area contributed by atoms with Crippen LogP contribution in [0.15, 0.2) is 82.0 Å². The number of carbonyl (C=O) groups excluding carboxylic acids is 1. The smallest absolute Gasteiger partial charge is 0.336 e. The van der Waals surface area contributed by atoms with Crippen LogP contribution in [0.5, 0.6) is 5.75 Å². The third-order valence-electron chi connectivity index (χ3n) is 4.86. The number of nitro benzene ring substituents is 1. The van der Waals surface area contributed by atoms with Gasteiger partial charge in [0.2, 0.25) is 0 Å². The number of hydrogen-bond acceptors (Lipinski definition) is 6. The van der Waals surface area contributed by atoms with Crippen LogP contribution < -0.4 is 15.7 Å². The van der Waals surface area contributed by atoms with Crippen molar-refractivity contribution < 1.29 is 18.9 Å². The molecule has 8 heteroatoms. The van der Waals surface area contributed by atoms with E-state index in [1.165, 1.54) is 24.3 Å². The summed E-state index contributed by atoms with van der Waals surface area (Å²) in [5.74, 6) is 0.177. The zero-order valence-corrected chi connectivity index (χ0v) is 17.0. The first kappa shape index (κ1) is 20.8. The van der Waals surface area contributed by atoms with Crippen LogP contribution in [0.2, 0.25) is 0 Å². The third kappa shape index (κ3) is 4.65. The summed E-state index contributed by atoms with van der Waals surface area (Å²) in [6.45, 7) is 2.10. The van der Waals surface area contributed by atoms with Gasteiger partial charge in [0.1, 0.15) is 17.9 Å². The Kier molecular flexibility index (Phi) is 5.67. The lowest BCUT2D eigenvalue weighted by Gasteiger charge is -2.09. The standard InChI is InChI=1S/C24H18N2O6/c1-15-11-23(27)32-22-13-20(9-10-21(15)22)31-14-16-5-7-17(8-6-16)24(28)25-18-3-2-4-19(12-18)26(29)30/h2-13H,14H2,1H3,(H,25,28). The fourth-order valence-electron chi connectivity index (χ4n) is 3.21. The van der Waals surface area contributed by atoms with E-state index in [1.807, 2.05) is 13.0 Å². The number of carbonyl (C=O) groups is 1. The lowest BCUT2D eigenvalue weighted by Crippen LogP contribution is -2.12. The monoisotopic (exact) mass is 430 g/mol. The van der Waals surface area contributed by atoms with Crippen molar-refractivity contribution in [1.82, 2.24) is 0 Å². The number of ether oxygens (including phenoxy) is 1. The molecule has 4 aromatic rings. The summed E-state index contributed by atoms with van der Waals surface area (Å²) >= 11 is 0. The van der Waals surface area contributed by atoms with E-state index in [-0.39, 0.29) is 18.2 Å². The van der Waals surface area contributed by atoms with Gasteiger partial charge in [-0.3, -0.25) is 14.9 Å². The van der Waals surface area contributed by atoms with E-state index in [4.69, 9.17) is 9.15 Å². The van der Waals surface area contributed by atoms with E-state index in [0.717, 1.165) is 16.5 Å². The number of benzene rings is 3. The van der Waals surface area contributed by atoms with Crippen molar-refractivity contribution in [1.29, 1.82) is 0 Å². The SMILES string of the molecule is Cc1cc(=O)oc2cc(OCc3ccc(C(=O)Nc4cccc([N+](=O)[O-])c4)cc3)ccc12. The first-order chi connectivity index (χ1) is 15.4. The minimum atomic E-state index is -0.519. The lowest BCUT2D eigenvalue weighted by atomic mass is 10.1. The molecule has 1 aromatic heterocycles. The highest BCUT2D eigenvalue weighted by Gasteiger charge is 2.10. The van der Waals surface area contributed by atoms with E-state index >= 15 is 0 Å². The predicted octanol–water partition coefficient (Wildman–Crippen LogP) is 4.84. The second-order valence-electron chi connectivity index (χ2n) is 7.15. The van der Waals surface area contributed by atoms with Crippen molar-refractivity contribution in [3.05, 3.63) is 110 Å². The Hall–Kier alpha value is -4.46. The van der Waals surface area contributed by atoms with Crippen molar-refractivity contribution in [2.45, 2.75) is 13.5 Å². The highest BCUT2D eigenvalue weighted by atomic mass is 16.6. The normalized spacial score (nSPS) is 10.7. The zero-order chi connectivity index (χ0) is 22.7. The molecule has 1 amide bonds. The number of non-ortho nitro benzene ring substituents is 1. The second kappa shape index (κ2) is 8.73. The van der Waals surface area contributed by atoms with Crippen LogP contribution in [0.1, 0.15) is 21.5 Å². The summed E-state index contributed by atoms with van der Waals surface area (Å²) in [4.78, 5) is 34.3. The summed E-state index contributed by atoms with van der Waals surface area (Å²) in [5.41, 5.74) is 2.37. The number of amides is 1. The fraction of sp³-hybridized carbons (Fsp3) is 0.0833. The molecule has 0 radical (unpaired) electrons. The fourth-order valence-corrected chi connectivity index (χ4v) is 3.21. The molecule has 0 saturated carbocycles. The van der Waals surface area contributed by atoms with Gasteiger partial charge in [0.05, 0.1) is 4.92 Å². The van der Waals surface area contributed by atoms with Gasteiger partial charge in [-0.15, -0.1) is 0 Å². The van der Waals surface area contributed by atoms with E-state index in [0.29, 0.717) is 22.6 Å². The maximum absolute atomic E-state index is 12.4. The van der Waals surface area contributed by atoms with Gasteiger partial charge < -0.3 is 14.5 Å². The molecule has 4 rings (SSSR count). The molecule has 0 atom stereocenters. The number of rotatable bonds is 6. The second-order valence-corrected chi connectivity index (χ2v) is 7.15. The van der Waals surface area contributed by atoms with Crippen LogP contribution in [0.25, 0.3) is 11.0 Å². The Morgan fingerprint density at radius 2 is 1.84 bits per heavy atom. The third-order valence-corrected chi connectivity index (χ3v) is 4.86. The largest absolute Gasteiger partial charge is 0.489 e. The molecule has 1 heterocycles. The highest BCUT2D eigenvalue weighted by molar-refractivity contribution is 6.04. The van der Waals surface area contributed by atoms with Crippen LogP contribution >= 0.6 is 0 Å². The van der Waals surface area contributed by atoms with Gasteiger partial charge in [-0.1, -0.05) is 18.2 Å². The maximum atomic E-state index is 12.4. The van der Waals surface area contributed by atoms with Gasteiger partial charge in [-0.2, -0.15) is 0 Å². The molecular formula is C24H18N2O6. The molecular weight excluding hydrogens is 412 g/mol. The molecule has 0 aliphatic heterocycles. The molecule has 0 unspecified atom stereocenters. The Morgan fingerprint density at radius 1 is 1.06 bits per heavy atom. The zero-order valence-electron chi connectivity index (χ0n) is 17.0. The Balaban J connectivity index is 1.41. The average molecular weight is 430 g/mol. The van der Waals surface area contributed by atoms with E-state index in [9.17, 15) is 19.7 Å². The molecule has 0 saturated heterocycles. The summed E-state index contributed by atoms with van der Waals surface area (Å²) in [7, 11) is 0. The van der Waals surface area contributed by atoms with E-state index < -0.39 is 10.5 Å². The van der Waals surface area contributed by atoms with Crippen LogP contribution in [0.4, 0.5) is 11.4 Å². The van der Waals surface area contributed by atoms with Gasteiger partial charge >= 0.3 is 5.63 Å².